The first-order chi connectivity index (χ1) is 17.0. The number of nitrogens with zero attached hydrogens (tertiary/aromatic N) is 1. The van der Waals surface area contributed by atoms with E-state index in [2.05, 4.69) is 28.4 Å². The Morgan fingerprint density at radius 2 is 2.00 bits per heavy atom. The van der Waals surface area contributed by atoms with Gasteiger partial charge in [0.15, 0.2) is 0 Å². The molecule has 1 unspecified atom stereocenters. The van der Waals surface area contributed by atoms with Crippen molar-refractivity contribution in [3.8, 4) is 5.75 Å². The molecule has 2 saturated carbocycles. The van der Waals surface area contributed by atoms with Crippen LogP contribution in [-0.2, 0) is 16.6 Å². The van der Waals surface area contributed by atoms with Gasteiger partial charge in [0.25, 0.3) is 5.91 Å². The van der Waals surface area contributed by atoms with Gasteiger partial charge >= 0.3 is 0 Å². The average molecular weight is 493 g/mol. The molecule has 3 saturated heterocycles. The van der Waals surface area contributed by atoms with E-state index in [0.717, 1.165) is 50.3 Å². The van der Waals surface area contributed by atoms with Crippen molar-refractivity contribution >= 4 is 17.5 Å². The van der Waals surface area contributed by atoms with Gasteiger partial charge in [-0.05, 0) is 105 Å². The molecule has 2 aromatic carbocycles. The molecule has 35 heavy (non-hydrogen) atoms. The van der Waals surface area contributed by atoms with Gasteiger partial charge in [-0.25, -0.2) is 0 Å². The highest BCUT2D eigenvalue weighted by Crippen LogP contribution is 2.65. The van der Waals surface area contributed by atoms with Crippen LogP contribution in [0, 0.1) is 5.92 Å². The first-order valence-electron chi connectivity index (χ1n) is 13.1. The number of hydrogen-bond donors (Lipinski definition) is 1. The van der Waals surface area contributed by atoms with Gasteiger partial charge in [0, 0.05) is 28.6 Å². The topological polar surface area (TPSA) is 50.8 Å². The maximum atomic E-state index is 13.3. The Balaban J connectivity index is 1.28. The zero-order chi connectivity index (χ0) is 23.8. The lowest BCUT2D eigenvalue weighted by molar-refractivity contribution is -0.261. The van der Waals surface area contributed by atoms with E-state index < -0.39 is 0 Å². The van der Waals surface area contributed by atoms with Gasteiger partial charge in [-0.15, -0.1) is 0 Å². The molecule has 6 heteroatoms. The van der Waals surface area contributed by atoms with E-state index in [0.29, 0.717) is 23.2 Å². The van der Waals surface area contributed by atoms with Crippen molar-refractivity contribution < 1.29 is 14.3 Å². The van der Waals surface area contributed by atoms with E-state index in [1.807, 2.05) is 0 Å². The van der Waals surface area contributed by atoms with Crippen molar-refractivity contribution in [3.63, 3.8) is 0 Å². The molecule has 5 fully saturated rings. The monoisotopic (exact) mass is 492 g/mol. The highest BCUT2D eigenvalue weighted by molar-refractivity contribution is 6.30. The number of nitrogens with one attached hydrogen (secondary N) is 1. The largest absolute Gasteiger partial charge is 0.497 e. The third-order valence-corrected chi connectivity index (χ3v) is 10.0. The van der Waals surface area contributed by atoms with E-state index in [-0.39, 0.29) is 22.5 Å². The standard InChI is InChI=1S/C29H33ClN2O3/c1-34-23-9-6-21-14-25-29-11-10-27(18-35-29,31-26(33)20-4-7-22(30)8-5-20)17-28(29,24(21)15-23)12-13-32(25)16-19-2-3-19/h4-9,15,19,25H,2-3,10-14,16-18H2,1H3,(H,31,33)/t25?,27-,28+,29+/m0/s1. The molecule has 2 aromatic rings. The minimum absolute atomic E-state index is 0.0412. The van der Waals surface area contributed by atoms with Crippen molar-refractivity contribution in [1.29, 1.82) is 0 Å². The van der Waals surface area contributed by atoms with Gasteiger partial charge in [0.1, 0.15) is 5.75 Å². The molecule has 5 nitrogen and oxygen atoms in total. The molecule has 3 heterocycles. The van der Waals surface area contributed by atoms with Gasteiger partial charge in [-0.2, -0.15) is 0 Å². The number of benzene rings is 2. The second-order valence-corrected chi connectivity index (χ2v) is 12.0. The summed E-state index contributed by atoms with van der Waals surface area (Å²) in [6.45, 7) is 2.89. The van der Waals surface area contributed by atoms with Gasteiger partial charge in [0.2, 0.25) is 0 Å². The van der Waals surface area contributed by atoms with Crippen molar-refractivity contribution in [3.05, 3.63) is 64.2 Å². The van der Waals surface area contributed by atoms with Crippen LogP contribution in [0.25, 0.3) is 0 Å². The molecule has 4 bridgehead atoms. The van der Waals surface area contributed by atoms with E-state index >= 15 is 0 Å². The summed E-state index contributed by atoms with van der Waals surface area (Å²) in [5.41, 5.74) is 2.81. The molecule has 1 amide bonds. The second-order valence-electron chi connectivity index (χ2n) is 11.6. The molecule has 8 rings (SSSR count). The lowest BCUT2D eigenvalue weighted by Crippen LogP contribution is -2.81. The van der Waals surface area contributed by atoms with Crippen LogP contribution in [0.3, 0.4) is 0 Å². The van der Waals surface area contributed by atoms with Crippen LogP contribution < -0.4 is 10.1 Å². The Morgan fingerprint density at radius 3 is 2.71 bits per heavy atom. The summed E-state index contributed by atoms with van der Waals surface area (Å²) in [7, 11) is 1.75. The summed E-state index contributed by atoms with van der Waals surface area (Å²) >= 11 is 6.06. The number of carbonyl (C=O) groups excluding carboxylic acids is 1. The molecule has 4 atom stereocenters. The quantitative estimate of drug-likeness (QED) is 0.654. The van der Waals surface area contributed by atoms with E-state index in [1.54, 1.807) is 31.4 Å². The van der Waals surface area contributed by atoms with Gasteiger partial charge in [-0.3, -0.25) is 9.69 Å². The van der Waals surface area contributed by atoms with Crippen molar-refractivity contribution in [2.75, 3.05) is 26.8 Å². The van der Waals surface area contributed by atoms with E-state index in [4.69, 9.17) is 21.1 Å². The first kappa shape index (κ1) is 22.1. The number of ether oxygens (including phenoxy) is 2. The van der Waals surface area contributed by atoms with Crippen LogP contribution in [0.2, 0.25) is 5.02 Å². The fourth-order valence-corrected chi connectivity index (χ4v) is 8.05. The normalized spacial score (nSPS) is 35.2. The SMILES string of the molecule is COc1ccc2c(c1)[C@]13CCN(CC4CC4)C(C2)[C@]12CC[C@@](NC(=O)c1ccc(Cl)cc1)(CO2)C3. The summed E-state index contributed by atoms with van der Waals surface area (Å²) in [6.07, 6.45) is 7.71. The number of piperidine rings is 1. The van der Waals surface area contributed by atoms with E-state index in [9.17, 15) is 4.79 Å². The highest BCUT2D eigenvalue weighted by Gasteiger charge is 2.71. The molecular formula is C29H33ClN2O3. The molecule has 1 N–H and O–H groups in total. The number of halogens is 1. The number of methoxy groups -OCH3 is 1. The van der Waals surface area contributed by atoms with Gasteiger partial charge in [0.05, 0.1) is 24.9 Å². The van der Waals surface area contributed by atoms with Crippen LogP contribution in [0.4, 0.5) is 0 Å². The summed E-state index contributed by atoms with van der Waals surface area (Å²) < 4.78 is 12.7. The average Bonchev–Trinajstić information content (AvgIpc) is 3.70. The lowest BCUT2D eigenvalue weighted by Gasteiger charge is -2.71. The summed E-state index contributed by atoms with van der Waals surface area (Å²) in [4.78, 5) is 16.1. The molecule has 3 aliphatic carbocycles. The predicted molar refractivity (Wildman–Crippen MR) is 135 cm³/mol. The Hall–Kier alpha value is -2.08. The number of carbonyl (C=O) groups is 1. The fourth-order valence-electron chi connectivity index (χ4n) is 7.92. The Morgan fingerprint density at radius 1 is 1.17 bits per heavy atom. The second kappa shape index (κ2) is 7.71. The third-order valence-electron chi connectivity index (χ3n) is 9.76. The number of fused-ring (bicyclic) bond motifs is 3. The molecule has 0 radical (unpaired) electrons. The van der Waals surface area contributed by atoms with E-state index in [1.165, 1.54) is 30.5 Å². The number of amides is 1. The van der Waals surface area contributed by atoms with Crippen LogP contribution in [0.15, 0.2) is 42.5 Å². The van der Waals surface area contributed by atoms with Crippen LogP contribution >= 0.6 is 11.6 Å². The minimum Gasteiger partial charge on any atom is -0.497 e. The van der Waals surface area contributed by atoms with Crippen LogP contribution in [-0.4, -0.2) is 54.8 Å². The maximum Gasteiger partial charge on any atom is 0.251 e. The van der Waals surface area contributed by atoms with Crippen LogP contribution in [0.1, 0.15) is 60.0 Å². The smallest absolute Gasteiger partial charge is 0.251 e. The molecule has 3 aliphatic heterocycles. The molecule has 184 valence electrons. The Bertz CT molecular complexity index is 1170. The Labute approximate surface area is 212 Å². The molecule has 6 aliphatic rings. The molecular weight excluding hydrogens is 460 g/mol. The zero-order valence-electron chi connectivity index (χ0n) is 20.3. The number of rotatable bonds is 5. The minimum atomic E-state index is -0.362. The number of likely N-dealkylation sites (tertiary alicyclic amines) is 1. The highest BCUT2D eigenvalue weighted by atomic mass is 35.5. The summed E-state index contributed by atoms with van der Waals surface area (Å²) in [6, 6.07) is 14.2. The van der Waals surface area contributed by atoms with Crippen molar-refractivity contribution in [2.45, 2.75) is 67.5 Å². The van der Waals surface area contributed by atoms with Crippen molar-refractivity contribution in [1.82, 2.24) is 10.2 Å². The summed E-state index contributed by atoms with van der Waals surface area (Å²) in [5.74, 6) is 1.73. The van der Waals surface area contributed by atoms with Gasteiger partial charge in [-0.1, -0.05) is 17.7 Å². The maximum absolute atomic E-state index is 13.3. The predicted octanol–water partition coefficient (Wildman–Crippen LogP) is 4.75. The summed E-state index contributed by atoms with van der Waals surface area (Å²) in [5, 5.41) is 4.08. The number of hydrogen-bond acceptors (Lipinski definition) is 4. The zero-order valence-corrected chi connectivity index (χ0v) is 21.1. The fraction of sp³-hybridized carbons (Fsp3) is 0.552. The lowest BCUT2D eigenvalue weighted by atomic mass is 9.45. The first-order valence-corrected chi connectivity index (χ1v) is 13.5. The third kappa shape index (κ3) is 3.24. The Kier molecular flexibility index (Phi) is 4.88. The van der Waals surface area contributed by atoms with Crippen LogP contribution in [0.5, 0.6) is 5.75 Å². The molecule has 1 spiro atoms. The molecule has 0 aromatic heterocycles. The van der Waals surface area contributed by atoms with Gasteiger partial charge < -0.3 is 14.8 Å². The van der Waals surface area contributed by atoms with Crippen molar-refractivity contribution in [2.24, 2.45) is 5.92 Å².